The predicted molar refractivity (Wildman–Crippen MR) is 97.7 cm³/mol. The zero-order valence-electron chi connectivity index (χ0n) is 14.9. The van der Waals surface area contributed by atoms with E-state index in [1.807, 2.05) is 23.1 Å². The SMILES string of the molecule is CC(C)c1ccc2nc([C@H]3CC(=O)N(CC4CCC4)C3)[nH]c(=O)c2c1. The number of carbonyl (C=O) groups excluding carboxylic acids is 1. The highest BCUT2D eigenvalue weighted by Gasteiger charge is 2.34. The fourth-order valence-corrected chi connectivity index (χ4v) is 3.85. The number of carbonyl (C=O) groups is 1. The van der Waals surface area contributed by atoms with Gasteiger partial charge in [-0.2, -0.15) is 0 Å². The van der Waals surface area contributed by atoms with Crippen molar-refractivity contribution >= 4 is 16.8 Å². The summed E-state index contributed by atoms with van der Waals surface area (Å²) in [7, 11) is 0. The summed E-state index contributed by atoms with van der Waals surface area (Å²) in [6.45, 7) is 5.76. The zero-order chi connectivity index (χ0) is 17.6. The lowest BCUT2D eigenvalue weighted by atomic mass is 9.85. The first kappa shape index (κ1) is 16.3. The van der Waals surface area contributed by atoms with Crippen LogP contribution >= 0.6 is 0 Å². The Morgan fingerprint density at radius 3 is 2.76 bits per heavy atom. The van der Waals surface area contributed by atoms with Crippen LogP contribution in [-0.2, 0) is 4.79 Å². The van der Waals surface area contributed by atoms with Gasteiger partial charge in [0.2, 0.25) is 5.91 Å². The van der Waals surface area contributed by atoms with Crippen molar-refractivity contribution in [2.75, 3.05) is 13.1 Å². The average molecular weight is 339 g/mol. The average Bonchev–Trinajstić information content (AvgIpc) is 2.91. The summed E-state index contributed by atoms with van der Waals surface area (Å²) in [4.78, 5) is 34.4. The van der Waals surface area contributed by atoms with Gasteiger partial charge in [-0.05, 0) is 42.4 Å². The van der Waals surface area contributed by atoms with Crippen LogP contribution in [0, 0.1) is 5.92 Å². The van der Waals surface area contributed by atoms with Gasteiger partial charge in [0, 0.05) is 25.4 Å². The second-order valence-electron chi connectivity index (χ2n) is 7.88. The number of hydrogen-bond acceptors (Lipinski definition) is 3. The molecule has 2 aliphatic rings. The molecule has 1 amide bonds. The Bertz CT molecular complexity index is 867. The van der Waals surface area contributed by atoms with Crippen LogP contribution in [0.2, 0.25) is 0 Å². The molecule has 2 aromatic rings. The Balaban J connectivity index is 1.60. The van der Waals surface area contributed by atoms with E-state index < -0.39 is 0 Å². The van der Waals surface area contributed by atoms with Crippen LogP contribution in [0.3, 0.4) is 0 Å². The Labute approximate surface area is 147 Å². The monoisotopic (exact) mass is 339 g/mol. The smallest absolute Gasteiger partial charge is 0.258 e. The molecule has 1 aliphatic heterocycles. The molecule has 2 heterocycles. The molecule has 1 aromatic carbocycles. The van der Waals surface area contributed by atoms with E-state index in [0.29, 0.717) is 41.5 Å². The van der Waals surface area contributed by atoms with Crippen LogP contribution < -0.4 is 5.56 Å². The number of aromatic nitrogens is 2. The van der Waals surface area contributed by atoms with Crippen LogP contribution in [-0.4, -0.2) is 33.9 Å². The van der Waals surface area contributed by atoms with Crippen LogP contribution in [0.5, 0.6) is 0 Å². The van der Waals surface area contributed by atoms with Crippen molar-refractivity contribution in [3.8, 4) is 0 Å². The van der Waals surface area contributed by atoms with Gasteiger partial charge in [-0.3, -0.25) is 9.59 Å². The van der Waals surface area contributed by atoms with E-state index in [0.717, 1.165) is 12.1 Å². The van der Waals surface area contributed by atoms with Crippen molar-refractivity contribution in [1.29, 1.82) is 0 Å². The summed E-state index contributed by atoms with van der Waals surface area (Å²) < 4.78 is 0. The lowest BCUT2D eigenvalue weighted by molar-refractivity contribution is -0.128. The molecule has 0 bridgehead atoms. The Morgan fingerprint density at radius 2 is 2.08 bits per heavy atom. The van der Waals surface area contributed by atoms with E-state index in [1.54, 1.807) is 0 Å². The number of hydrogen-bond donors (Lipinski definition) is 1. The first-order valence-electron chi connectivity index (χ1n) is 9.33. The molecule has 132 valence electrons. The number of nitrogens with one attached hydrogen (secondary N) is 1. The molecule has 0 spiro atoms. The molecule has 0 unspecified atom stereocenters. The molecule has 5 nitrogen and oxygen atoms in total. The van der Waals surface area contributed by atoms with Crippen molar-refractivity contribution in [3.05, 3.63) is 39.9 Å². The molecular formula is C20H25N3O2. The van der Waals surface area contributed by atoms with Gasteiger partial charge in [0.15, 0.2) is 0 Å². The quantitative estimate of drug-likeness (QED) is 0.930. The van der Waals surface area contributed by atoms with E-state index >= 15 is 0 Å². The van der Waals surface area contributed by atoms with Crippen molar-refractivity contribution < 1.29 is 4.79 Å². The molecule has 1 atom stereocenters. The first-order chi connectivity index (χ1) is 12.0. The molecule has 1 aromatic heterocycles. The van der Waals surface area contributed by atoms with Gasteiger partial charge in [0.25, 0.3) is 5.56 Å². The third-order valence-electron chi connectivity index (χ3n) is 5.72. The third-order valence-corrected chi connectivity index (χ3v) is 5.72. The largest absolute Gasteiger partial charge is 0.342 e. The highest BCUT2D eigenvalue weighted by molar-refractivity contribution is 5.81. The molecule has 1 N–H and O–H groups in total. The van der Waals surface area contributed by atoms with Crippen molar-refractivity contribution in [2.24, 2.45) is 5.92 Å². The maximum absolute atomic E-state index is 12.5. The summed E-state index contributed by atoms with van der Waals surface area (Å²) in [6, 6.07) is 5.89. The topological polar surface area (TPSA) is 66.1 Å². The summed E-state index contributed by atoms with van der Waals surface area (Å²) >= 11 is 0. The fourth-order valence-electron chi connectivity index (χ4n) is 3.85. The van der Waals surface area contributed by atoms with Gasteiger partial charge < -0.3 is 9.88 Å². The Morgan fingerprint density at radius 1 is 1.28 bits per heavy atom. The van der Waals surface area contributed by atoms with Crippen LogP contribution in [0.1, 0.15) is 62.8 Å². The number of amides is 1. The number of aromatic amines is 1. The molecule has 1 aliphatic carbocycles. The van der Waals surface area contributed by atoms with E-state index in [4.69, 9.17) is 0 Å². The van der Waals surface area contributed by atoms with E-state index in [2.05, 4.69) is 23.8 Å². The van der Waals surface area contributed by atoms with Gasteiger partial charge in [0.05, 0.1) is 10.9 Å². The molecule has 2 fully saturated rings. The minimum Gasteiger partial charge on any atom is -0.342 e. The zero-order valence-corrected chi connectivity index (χ0v) is 14.9. The highest BCUT2D eigenvalue weighted by atomic mass is 16.2. The fraction of sp³-hybridized carbons (Fsp3) is 0.550. The first-order valence-corrected chi connectivity index (χ1v) is 9.33. The van der Waals surface area contributed by atoms with Crippen molar-refractivity contribution in [2.45, 2.75) is 51.4 Å². The summed E-state index contributed by atoms with van der Waals surface area (Å²) in [6.07, 6.45) is 4.20. The van der Waals surface area contributed by atoms with E-state index in [1.165, 1.54) is 19.3 Å². The number of likely N-dealkylation sites (tertiary alicyclic amines) is 1. The van der Waals surface area contributed by atoms with E-state index in [9.17, 15) is 9.59 Å². The summed E-state index contributed by atoms with van der Waals surface area (Å²) in [5.41, 5.74) is 1.75. The second-order valence-corrected chi connectivity index (χ2v) is 7.88. The number of rotatable bonds is 4. The molecular weight excluding hydrogens is 314 g/mol. The van der Waals surface area contributed by atoms with Crippen LogP contribution in [0.4, 0.5) is 0 Å². The maximum Gasteiger partial charge on any atom is 0.258 e. The number of fused-ring (bicyclic) bond motifs is 1. The highest BCUT2D eigenvalue weighted by Crippen LogP contribution is 2.32. The molecule has 1 saturated carbocycles. The molecule has 0 radical (unpaired) electrons. The van der Waals surface area contributed by atoms with Gasteiger partial charge in [-0.15, -0.1) is 0 Å². The molecule has 4 rings (SSSR count). The lowest BCUT2D eigenvalue weighted by Crippen LogP contribution is -2.33. The van der Waals surface area contributed by atoms with Crippen LogP contribution in [0.25, 0.3) is 10.9 Å². The normalized spacial score (nSPS) is 21.3. The molecule has 5 heteroatoms. The van der Waals surface area contributed by atoms with Gasteiger partial charge >= 0.3 is 0 Å². The standard InChI is InChI=1S/C20H25N3O2/c1-12(2)14-6-7-17-16(8-14)20(25)22-19(21-17)15-9-18(24)23(11-15)10-13-4-3-5-13/h6-8,12-13,15H,3-5,9-11H2,1-2H3,(H,21,22,25)/t15-/m0/s1. The Hall–Kier alpha value is -2.17. The van der Waals surface area contributed by atoms with Gasteiger partial charge in [-0.25, -0.2) is 4.98 Å². The third kappa shape index (κ3) is 3.08. The van der Waals surface area contributed by atoms with E-state index in [-0.39, 0.29) is 17.4 Å². The minimum absolute atomic E-state index is 0.00514. The molecule has 1 saturated heterocycles. The van der Waals surface area contributed by atoms with Gasteiger partial charge in [0.1, 0.15) is 5.82 Å². The lowest BCUT2D eigenvalue weighted by Gasteiger charge is -2.30. The second kappa shape index (κ2) is 6.28. The number of nitrogens with zero attached hydrogens (tertiary/aromatic N) is 2. The van der Waals surface area contributed by atoms with Crippen molar-refractivity contribution in [3.63, 3.8) is 0 Å². The number of benzene rings is 1. The minimum atomic E-state index is -0.104. The van der Waals surface area contributed by atoms with Crippen LogP contribution in [0.15, 0.2) is 23.0 Å². The Kier molecular flexibility index (Phi) is 4.10. The molecule has 25 heavy (non-hydrogen) atoms. The number of H-pyrrole nitrogens is 1. The van der Waals surface area contributed by atoms with Crippen molar-refractivity contribution in [1.82, 2.24) is 14.9 Å². The maximum atomic E-state index is 12.5. The predicted octanol–water partition coefficient (Wildman–Crippen LogP) is 3.16. The summed E-state index contributed by atoms with van der Waals surface area (Å²) in [5.74, 6) is 1.88. The summed E-state index contributed by atoms with van der Waals surface area (Å²) in [5, 5.41) is 0.630. The van der Waals surface area contributed by atoms with Gasteiger partial charge in [-0.1, -0.05) is 26.3 Å².